The van der Waals surface area contributed by atoms with E-state index in [-0.39, 0.29) is 5.75 Å². The molecular weight excluding hydrogens is 168 g/mol. The smallest absolute Gasteiger partial charge is 0.169 e. The SMILES string of the molecule is Oc1ccccc1Oc1cn[nH]c1. The number of nitrogens with zero attached hydrogens (tertiary/aromatic N) is 1. The second kappa shape index (κ2) is 3.18. The van der Waals surface area contributed by atoms with E-state index in [0.717, 1.165) is 0 Å². The third-order valence-corrected chi connectivity index (χ3v) is 1.57. The molecule has 2 aromatic rings. The molecule has 66 valence electrons. The Hall–Kier alpha value is -1.97. The molecule has 4 heteroatoms. The Kier molecular flexibility index (Phi) is 1.88. The summed E-state index contributed by atoms with van der Waals surface area (Å²) in [5, 5.41) is 15.7. The Balaban J connectivity index is 2.24. The molecule has 1 heterocycles. The Morgan fingerprint density at radius 2 is 2.15 bits per heavy atom. The van der Waals surface area contributed by atoms with Crippen molar-refractivity contribution in [2.45, 2.75) is 0 Å². The molecule has 4 nitrogen and oxygen atoms in total. The zero-order chi connectivity index (χ0) is 9.10. The van der Waals surface area contributed by atoms with Gasteiger partial charge in [0.1, 0.15) is 0 Å². The van der Waals surface area contributed by atoms with Gasteiger partial charge in [0.25, 0.3) is 0 Å². The Bertz CT molecular complexity index is 384. The molecule has 0 aliphatic carbocycles. The fourth-order valence-electron chi connectivity index (χ4n) is 0.965. The molecule has 2 rings (SSSR count). The van der Waals surface area contributed by atoms with Gasteiger partial charge in [0.05, 0.1) is 12.4 Å². The van der Waals surface area contributed by atoms with E-state index in [2.05, 4.69) is 10.2 Å². The number of phenols is 1. The number of ether oxygens (including phenoxy) is 1. The van der Waals surface area contributed by atoms with E-state index in [1.54, 1.807) is 30.5 Å². The number of rotatable bonds is 2. The highest BCUT2D eigenvalue weighted by Gasteiger charge is 2.01. The third-order valence-electron chi connectivity index (χ3n) is 1.57. The van der Waals surface area contributed by atoms with Crippen LogP contribution >= 0.6 is 0 Å². The van der Waals surface area contributed by atoms with Gasteiger partial charge in [-0.3, -0.25) is 5.10 Å². The van der Waals surface area contributed by atoms with Crippen LogP contribution in [0.25, 0.3) is 0 Å². The molecule has 2 N–H and O–H groups in total. The quantitative estimate of drug-likeness (QED) is 0.734. The monoisotopic (exact) mass is 176 g/mol. The highest BCUT2D eigenvalue weighted by Crippen LogP contribution is 2.28. The average molecular weight is 176 g/mol. The second-order valence-corrected chi connectivity index (χ2v) is 2.50. The number of H-pyrrole nitrogens is 1. The van der Waals surface area contributed by atoms with Gasteiger partial charge < -0.3 is 9.84 Å². The molecule has 13 heavy (non-hydrogen) atoms. The van der Waals surface area contributed by atoms with Crippen LogP contribution in [0.1, 0.15) is 0 Å². The van der Waals surface area contributed by atoms with Crippen LogP contribution in [-0.4, -0.2) is 15.3 Å². The van der Waals surface area contributed by atoms with E-state index >= 15 is 0 Å². The summed E-state index contributed by atoms with van der Waals surface area (Å²) in [7, 11) is 0. The Morgan fingerprint density at radius 1 is 1.31 bits per heavy atom. The normalized spacial score (nSPS) is 9.85. The maximum absolute atomic E-state index is 9.35. The number of aromatic amines is 1. The highest BCUT2D eigenvalue weighted by atomic mass is 16.5. The minimum absolute atomic E-state index is 0.115. The van der Waals surface area contributed by atoms with Crippen molar-refractivity contribution in [1.82, 2.24) is 10.2 Å². The minimum atomic E-state index is 0.115. The van der Waals surface area contributed by atoms with Crippen molar-refractivity contribution in [2.24, 2.45) is 0 Å². The molecule has 0 spiro atoms. The number of aromatic nitrogens is 2. The summed E-state index contributed by atoms with van der Waals surface area (Å²) in [6, 6.07) is 6.77. The topological polar surface area (TPSA) is 58.1 Å². The van der Waals surface area contributed by atoms with Gasteiger partial charge in [0.15, 0.2) is 17.2 Å². The van der Waals surface area contributed by atoms with E-state index < -0.39 is 0 Å². The lowest BCUT2D eigenvalue weighted by Gasteiger charge is -2.03. The first-order valence-electron chi connectivity index (χ1n) is 3.81. The molecule has 0 unspecified atom stereocenters. The number of hydrogen-bond donors (Lipinski definition) is 2. The number of benzene rings is 1. The molecule has 1 aromatic heterocycles. The van der Waals surface area contributed by atoms with E-state index in [9.17, 15) is 5.11 Å². The largest absolute Gasteiger partial charge is 0.504 e. The molecule has 0 bridgehead atoms. The van der Waals surface area contributed by atoms with E-state index in [1.807, 2.05) is 0 Å². The van der Waals surface area contributed by atoms with Gasteiger partial charge in [-0.1, -0.05) is 12.1 Å². The average Bonchev–Trinajstić information content (AvgIpc) is 2.61. The van der Waals surface area contributed by atoms with Crippen molar-refractivity contribution in [1.29, 1.82) is 0 Å². The number of hydrogen-bond acceptors (Lipinski definition) is 3. The van der Waals surface area contributed by atoms with Crippen LogP contribution in [0.3, 0.4) is 0 Å². The van der Waals surface area contributed by atoms with Crippen molar-refractivity contribution in [3.8, 4) is 17.2 Å². The Labute approximate surface area is 74.8 Å². The van der Waals surface area contributed by atoms with Crippen LogP contribution in [-0.2, 0) is 0 Å². The lowest BCUT2D eigenvalue weighted by molar-refractivity contribution is 0.411. The van der Waals surface area contributed by atoms with Gasteiger partial charge >= 0.3 is 0 Å². The standard InChI is InChI=1S/C9H8N2O2/c12-8-3-1-2-4-9(8)13-7-5-10-11-6-7/h1-6,12H,(H,10,11). The first-order valence-corrected chi connectivity index (χ1v) is 3.81. The molecule has 0 atom stereocenters. The summed E-state index contributed by atoms with van der Waals surface area (Å²) in [4.78, 5) is 0. The van der Waals surface area contributed by atoms with Gasteiger partial charge in [0, 0.05) is 0 Å². The number of nitrogens with one attached hydrogen (secondary N) is 1. The lowest BCUT2D eigenvalue weighted by Crippen LogP contribution is -1.81. The maximum Gasteiger partial charge on any atom is 0.169 e. The van der Waals surface area contributed by atoms with Crippen LogP contribution in [0.2, 0.25) is 0 Å². The third kappa shape index (κ3) is 1.61. The minimum Gasteiger partial charge on any atom is -0.504 e. The van der Waals surface area contributed by atoms with E-state index in [0.29, 0.717) is 11.5 Å². The summed E-state index contributed by atoms with van der Waals surface area (Å²) in [5.41, 5.74) is 0. The fraction of sp³-hybridized carbons (Fsp3) is 0. The first kappa shape index (κ1) is 7.67. The molecule has 0 saturated heterocycles. The van der Waals surface area contributed by atoms with Gasteiger partial charge in [-0.05, 0) is 12.1 Å². The van der Waals surface area contributed by atoms with Gasteiger partial charge in [-0.15, -0.1) is 0 Å². The maximum atomic E-state index is 9.35. The summed E-state index contributed by atoms with van der Waals surface area (Å²) in [6.45, 7) is 0. The van der Waals surface area contributed by atoms with Crippen molar-refractivity contribution in [2.75, 3.05) is 0 Å². The van der Waals surface area contributed by atoms with Crippen LogP contribution in [0.4, 0.5) is 0 Å². The van der Waals surface area contributed by atoms with Crippen LogP contribution in [0.5, 0.6) is 17.2 Å². The number of para-hydroxylation sites is 2. The van der Waals surface area contributed by atoms with Crippen molar-refractivity contribution in [3.05, 3.63) is 36.7 Å². The molecule has 0 fully saturated rings. The summed E-state index contributed by atoms with van der Waals surface area (Å²) in [5.74, 6) is 1.11. The summed E-state index contributed by atoms with van der Waals surface area (Å²) in [6.07, 6.45) is 3.14. The molecule has 0 radical (unpaired) electrons. The van der Waals surface area contributed by atoms with Crippen LogP contribution in [0, 0.1) is 0 Å². The van der Waals surface area contributed by atoms with Crippen molar-refractivity contribution in [3.63, 3.8) is 0 Å². The Morgan fingerprint density at radius 3 is 2.85 bits per heavy atom. The molecule has 1 aromatic carbocycles. The van der Waals surface area contributed by atoms with Crippen LogP contribution < -0.4 is 4.74 Å². The summed E-state index contributed by atoms with van der Waals surface area (Å²) >= 11 is 0. The predicted molar refractivity (Wildman–Crippen MR) is 46.8 cm³/mol. The second-order valence-electron chi connectivity index (χ2n) is 2.50. The zero-order valence-electron chi connectivity index (χ0n) is 6.77. The molecule has 0 saturated carbocycles. The molecule has 0 aliphatic heterocycles. The number of aromatic hydroxyl groups is 1. The van der Waals surface area contributed by atoms with Crippen molar-refractivity contribution >= 4 is 0 Å². The zero-order valence-corrected chi connectivity index (χ0v) is 6.77. The highest BCUT2D eigenvalue weighted by molar-refractivity contribution is 5.40. The molecule has 0 amide bonds. The molecular formula is C9H8N2O2. The van der Waals surface area contributed by atoms with Crippen LogP contribution in [0.15, 0.2) is 36.7 Å². The van der Waals surface area contributed by atoms with Gasteiger partial charge in [-0.25, -0.2) is 0 Å². The fourth-order valence-corrected chi connectivity index (χ4v) is 0.965. The predicted octanol–water partition coefficient (Wildman–Crippen LogP) is 1.91. The van der Waals surface area contributed by atoms with Gasteiger partial charge in [0.2, 0.25) is 0 Å². The van der Waals surface area contributed by atoms with E-state index in [1.165, 1.54) is 6.20 Å². The van der Waals surface area contributed by atoms with Gasteiger partial charge in [-0.2, -0.15) is 5.10 Å². The lowest BCUT2D eigenvalue weighted by atomic mass is 10.3. The van der Waals surface area contributed by atoms with E-state index in [4.69, 9.17) is 4.74 Å². The molecule has 0 aliphatic rings. The number of phenolic OH excluding ortho intramolecular Hbond substituents is 1. The first-order chi connectivity index (χ1) is 6.36. The summed E-state index contributed by atoms with van der Waals surface area (Å²) < 4.78 is 5.31. The van der Waals surface area contributed by atoms with Crippen molar-refractivity contribution < 1.29 is 9.84 Å².